The number of aromatic nitrogens is 1. The van der Waals surface area contributed by atoms with E-state index >= 15 is 0 Å². The summed E-state index contributed by atoms with van der Waals surface area (Å²) < 4.78 is 5.43. The molecule has 0 aliphatic carbocycles. The molecule has 0 radical (unpaired) electrons. The van der Waals surface area contributed by atoms with E-state index in [1.807, 2.05) is 6.92 Å². The Kier molecular flexibility index (Phi) is 3.61. The van der Waals surface area contributed by atoms with E-state index in [2.05, 4.69) is 10.3 Å². The average Bonchev–Trinajstić information content (AvgIpc) is 2.28. The van der Waals surface area contributed by atoms with Gasteiger partial charge in [-0.2, -0.15) is 0 Å². The maximum absolute atomic E-state index is 10.9. The molecule has 0 aromatic carbocycles. The van der Waals surface area contributed by atoms with Crippen molar-refractivity contribution in [3.05, 3.63) is 22.2 Å². The predicted molar refractivity (Wildman–Crippen MR) is 67.4 cm³/mol. The van der Waals surface area contributed by atoms with Gasteiger partial charge in [0.25, 0.3) is 0 Å². The fraction of sp³-hybridized carbons (Fsp3) is 0.545. The van der Waals surface area contributed by atoms with E-state index in [4.69, 9.17) is 10.5 Å². The van der Waals surface area contributed by atoms with Crippen LogP contribution in [0.1, 0.15) is 19.8 Å². The quantitative estimate of drug-likeness (QED) is 0.625. The van der Waals surface area contributed by atoms with Crippen LogP contribution in [-0.2, 0) is 4.74 Å². The standard InChI is InChI=1S/C11H16N4O3/c1-7-6-8(4-5-18-7)13-11-9(15(16)17)2-3-10(12)14-11/h2-3,7-8H,4-6H2,1H3,(H3,12,13,14). The van der Waals surface area contributed by atoms with E-state index in [1.54, 1.807) is 0 Å². The third kappa shape index (κ3) is 2.86. The number of nitrogens with zero attached hydrogens (tertiary/aromatic N) is 2. The van der Waals surface area contributed by atoms with Crippen LogP contribution < -0.4 is 11.1 Å². The first kappa shape index (κ1) is 12.6. The fourth-order valence-electron chi connectivity index (χ4n) is 2.04. The number of hydrogen-bond donors (Lipinski definition) is 2. The van der Waals surface area contributed by atoms with E-state index in [-0.39, 0.29) is 29.5 Å². The number of nitrogen functional groups attached to an aromatic ring is 1. The lowest BCUT2D eigenvalue weighted by Crippen LogP contribution is -2.33. The Morgan fingerprint density at radius 3 is 3.06 bits per heavy atom. The van der Waals surface area contributed by atoms with Crippen molar-refractivity contribution in [2.75, 3.05) is 17.7 Å². The molecule has 0 saturated carbocycles. The highest BCUT2D eigenvalue weighted by Gasteiger charge is 2.23. The summed E-state index contributed by atoms with van der Waals surface area (Å²) >= 11 is 0. The fourth-order valence-corrected chi connectivity index (χ4v) is 2.04. The molecule has 1 aliphatic rings. The molecule has 3 N–H and O–H groups in total. The van der Waals surface area contributed by atoms with Crippen LogP contribution >= 0.6 is 0 Å². The van der Waals surface area contributed by atoms with Crippen molar-refractivity contribution in [1.29, 1.82) is 0 Å². The van der Waals surface area contributed by atoms with Gasteiger partial charge in [-0.25, -0.2) is 4.98 Å². The van der Waals surface area contributed by atoms with Gasteiger partial charge in [-0.1, -0.05) is 0 Å². The van der Waals surface area contributed by atoms with Crippen molar-refractivity contribution in [1.82, 2.24) is 4.98 Å². The summed E-state index contributed by atoms with van der Waals surface area (Å²) in [7, 11) is 0. The van der Waals surface area contributed by atoms with Crippen LogP contribution in [0.15, 0.2) is 12.1 Å². The van der Waals surface area contributed by atoms with Crippen molar-refractivity contribution in [3.63, 3.8) is 0 Å². The topological polar surface area (TPSA) is 103 Å². The zero-order valence-corrected chi connectivity index (χ0v) is 10.1. The molecule has 18 heavy (non-hydrogen) atoms. The molecule has 1 fully saturated rings. The molecular formula is C11H16N4O3. The minimum absolute atomic E-state index is 0.0525. The Hall–Kier alpha value is -1.89. The number of anilines is 2. The molecule has 7 nitrogen and oxygen atoms in total. The first-order valence-corrected chi connectivity index (χ1v) is 5.85. The van der Waals surface area contributed by atoms with E-state index in [0.29, 0.717) is 6.61 Å². The number of ether oxygens (including phenoxy) is 1. The van der Waals surface area contributed by atoms with Crippen LogP contribution in [0.2, 0.25) is 0 Å². The summed E-state index contributed by atoms with van der Waals surface area (Å²) in [5, 5.41) is 14.0. The van der Waals surface area contributed by atoms with Crippen molar-refractivity contribution >= 4 is 17.3 Å². The normalized spacial score (nSPS) is 23.6. The lowest BCUT2D eigenvalue weighted by atomic mass is 10.0. The first-order valence-electron chi connectivity index (χ1n) is 5.85. The molecule has 98 valence electrons. The number of nitrogens with one attached hydrogen (secondary N) is 1. The van der Waals surface area contributed by atoms with Gasteiger partial charge in [0.2, 0.25) is 5.82 Å². The summed E-state index contributed by atoms with van der Waals surface area (Å²) in [5.41, 5.74) is 5.51. The van der Waals surface area contributed by atoms with Crippen LogP contribution in [0, 0.1) is 10.1 Å². The molecule has 0 bridgehead atoms. The largest absolute Gasteiger partial charge is 0.384 e. The molecule has 1 aromatic heterocycles. The Morgan fingerprint density at radius 1 is 1.61 bits per heavy atom. The third-order valence-electron chi connectivity index (χ3n) is 2.92. The molecule has 2 unspecified atom stereocenters. The maximum Gasteiger partial charge on any atom is 0.311 e. The Balaban J connectivity index is 2.16. The summed E-state index contributed by atoms with van der Waals surface area (Å²) in [5.74, 6) is 0.502. The van der Waals surface area contributed by atoms with Gasteiger partial charge in [-0.15, -0.1) is 0 Å². The lowest BCUT2D eigenvalue weighted by molar-refractivity contribution is -0.384. The molecule has 2 heterocycles. The van der Waals surface area contributed by atoms with Crippen LogP contribution in [-0.4, -0.2) is 28.7 Å². The maximum atomic E-state index is 10.9. The highest BCUT2D eigenvalue weighted by Crippen LogP contribution is 2.26. The average molecular weight is 252 g/mol. The third-order valence-corrected chi connectivity index (χ3v) is 2.92. The predicted octanol–water partition coefficient (Wildman–Crippen LogP) is 1.55. The van der Waals surface area contributed by atoms with Crippen molar-refractivity contribution < 1.29 is 9.66 Å². The van der Waals surface area contributed by atoms with Gasteiger partial charge in [0.05, 0.1) is 11.0 Å². The molecule has 2 rings (SSSR count). The smallest absolute Gasteiger partial charge is 0.311 e. The van der Waals surface area contributed by atoms with Gasteiger partial charge in [-0.05, 0) is 25.8 Å². The Labute approximate surface area is 104 Å². The second-order valence-electron chi connectivity index (χ2n) is 4.41. The molecule has 1 aromatic rings. The van der Waals surface area contributed by atoms with E-state index < -0.39 is 4.92 Å². The van der Waals surface area contributed by atoms with Crippen LogP contribution in [0.5, 0.6) is 0 Å². The van der Waals surface area contributed by atoms with Gasteiger partial charge in [-0.3, -0.25) is 10.1 Å². The summed E-state index contributed by atoms with van der Waals surface area (Å²) in [4.78, 5) is 14.4. The highest BCUT2D eigenvalue weighted by molar-refractivity contribution is 5.59. The van der Waals surface area contributed by atoms with Crippen LogP contribution in [0.3, 0.4) is 0 Å². The molecule has 1 aliphatic heterocycles. The van der Waals surface area contributed by atoms with Crippen LogP contribution in [0.25, 0.3) is 0 Å². The molecule has 0 spiro atoms. The number of nitrogens with two attached hydrogens (primary N) is 1. The number of pyridine rings is 1. The summed E-state index contributed by atoms with van der Waals surface area (Å²) in [6.07, 6.45) is 1.75. The van der Waals surface area contributed by atoms with E-state index in [1.165, 1.54) is 12.1 Å². The number of nitro groups is 1. The second-order valence-corrected chi connectivity index (χ2v) is 4.41. The van der Waals surface area contributed by atoms with Crippen LogP contribution in [0.4, 0.5) is 17.3 Å². The van der Waals surface area contributed by atoms with Gasteiger partial charge >= 0.3 is 5.69 Å². The zero-order chi connectivity index (χ0) is 13.1. The van der Waals surface area contributed by atoms with Gasteiger partial charge in [0.15, 0.2) is 0 Å². The van der Waals surface area contributed by atoms with Crippen molar-refractivity contribution in [2.24, 2.45) is 0 Å². The zero-order valence-electron chi connectivity index (χ0n) is 10.1. The number of rotatable bonds is 3. The minimum atomic E-state index is -0.461. The first-order chi connectivity index (χ1) is 8.56. The van der Waals surface area contributed by atoms with Crippen molar-refractivity contribution in [3.8, 4) is 0 Å². The Bertz CT molecular complexity index is 452. The SMILES string of the molecule is CC1CC(Nc2nc(N)ccc2[N+](=O)[O-])CCO1. The summed E-state index contributed by atoms with van der Waals surface area (Å²) in [6, 6.07) is 2.92. The molecule has 7 heteroatoms. The van der Waals surface area contributed by atoms with Gasteiger partial charge in [0.1, 0.15) is 5.82 Å². The number of hydrogen-bond acceptors (Lipinski definition) is 6. The Morgan fingerprint density at radius 2 is 2.39 bits per heavy atom. The molecule has 2 atom stereocenters. The molecular weight excluding hydrogens is 236 g/mol. The monoisotopic (exact) mass is 252 g/mol. The lowest BCUT2D eigenvalue weighted by Gasteiger charge is -2.28. The molecule has 1 saturated heterocycles. The minimum Gasteiger partial charge on any atom is -0.384 e. The second kappa shape index (κ2) is 5.18. The van der Waals surface area contributed by atoms with E-state index in [0.717, 1.165) is 12.8 Å². The summed E-state index contributed by atoms with van der Waals surface area (Å²) in [6.45, 7) is 2.63. The molecule has 0 amide bonds. The van der Waals surface area contributed by atoms with Gasteiger partial charge in [0, 0.05) is 18.7 Å². The van der Waals surface area contributed by atoms with E-state index in [9.17, 15) is 10.1 Å². The van der Waals surface area contributed by atoms with Crippen molar-refractivity contribution in [2.45, 2.75) is 31.9 Å². The van der Waals surface area contributed by atoms with Gasteiger partial charge < -0.3 is 15.8 Å². The highest BCUT2D eigenvalue weighted by atomic mass is 16.6.